The molecule has 1 atom stereocenters. The van der Waals surface area contributed by atoms with Crippen LogP contribution in [-0.4, -0.2) is 23.8 Å². The molecule has 0 fully saturated rings. The number of esters is 1. The minimum absolute atomic E-state index is 0.188. The van der Waals surface area contributed by atoms with Crippen LogP contribution in [0.2, 0.25) is 10.0 Å². The van der Waals surface area contributed by atoms with E-state index in [4.69, 9.17) is 37.4 Å². The van der Waals surface area contributed by atoms with Gasteiger partial charge in [-0.3, -0.25) is 9.36 Å². The number of allylic oxidation sites excluding steroid dienone is 1. The van der Waals surface area contributed by atoms with Crippen molar-refractivity contribution in [2.24, 2.45) is 4.99 Å². The quantitative estimate of drug-likeness (QED) is 0.154. The first-order valence-electron chi connectivity index (χ1n) is 14.8. The van der Waals surface area contributed by atoms with E-state index in [2.05, 4.69) is 17.1 Å². The van der Waals surface area contributed by atoms with Crippen LogP contribution in [0.25, 0.3) is 16.8 Å². The van der Waals surface area contributed by atoms with Gasteiger partial charge in [-0.15, -0.1) is 0 Å². The molecule has 46 heavy (non-hydrogen) atoms. The molecule has 6 rings (SSSR count). The molecular weight excluding hydrogens is 643 g/mol. The highest BCUT2D eigenvalue weighted by Gasteiger charge is 2.33. The van der Waals surface area contributed by atoms with Gasteiger partial charge in [-0.2, -0.15) is 0 Å². The number of hydrogen-bond acceptors (Lipinski definition) is 7. The van der Waals surface area contributed by atoms with Crippen molar-refractivity contribution in [1.29, 1.82) is 0 Å². The summed E-state index contributed by atoms with van der Waals surface area (Å²) in [4.78, 5) is 32.5. The molecule has 0 aliphatic carbocycles. The van der Waals surface area contributed by atoms with Gasteiger partial charge in [-0.1, -0.05) is 89.1 Å². The number of rotatable bonds is 9. The third-order valence-electron chi connectivity index (χ3n) is 7.60. The summed E-state index contributed by atoms with van der Waals surface area (Å²) in [6.45, 7) is 6.36. The van der Waals surface area contributed by atoms with Crippen molar-refractivity contribution in [3.05, 3.63) is 137 Å². The summed E-state index contributed by atoms with van der Waals surface area (Å²) >= 11 is 14.3. The van der Waals surface area contributed by atoms with Crippen LogP contribution in [0.3, 0.4) is 0 Å². The molecule has 0 saturated heterocycles. The summed E-state index contributed by atoms with van der Waals surface area (Å²) in [7, 11) is 0. The Morgan fingerprint density at radius 1 is 0.978 bits per heavy atom. The summed E-state index contributed by atoms with van der Waals surface area (Å²) in [6.07, 6.45) is 1.71. The molecule has 5 aromatic rings. The summed E-state index contributed by atoms with van der Waals surface area (Å²) in [5.41, 5.74) is 2.71. The molecule has 0 amide bonds. The van der Waals surface area contributed by atoms with E-state index in [1.54, 1.807) is 32.1 Å². The van der Waals surface area contributed by atoms with Crippen LogP contribution in [-0.2, 0) is 16.1 Å². The smallest absolute Gasteiger partial charge is 0.338 e. The third kappa shape index (κ3) is 6.20. The average molecular weight is 674 g/mol. The van der Waals surface area contributed by atoms with Gasteiger partial charge < -0.3 is 14.2 Å². The second-order valence-electron chi connectivity index (χ2n) is 10.5. The number of nitrogens with zero attached hydrogens (tertiary/aromatic N) is 2. The van der Waals surface area contributed by atoms with Gasteiger partial charge in [0.15, 0.2) is 4.80 Å². The monoisotopic (exact) mass is 672 g/mol. The number of halogens is 2. The zero-order valence-corrected chi connectivity index (χ0v) is 27.7. The van der Waals surface area contributed by atoms with Crippen LogP contribution < -0.4 is 24.4 Å². The minimum atomic E-state index is -0.752. The van der Waals surface area contributed by atoms with E-state index in [0.717, 1.165) is 21.9 Å². The average Bonchev–Trinajstić information content (AvgIpc) is 3.34. The van der Waals surface area contributed by atoms with Gasteiger partial charge in [0.1, 0.15) is 18.1 Å². The Balaban J connectivity index is 1.45. The van der Waals surface area contributed by atoms with E-state index in [0.29, 0.717) is 54.3 Å². The van der Waals surface area contributed by atoms with Crippen LogP contribution in [0.15, 0.2) is 99.9 Å². The summed E-state index contributed by atoms with van der Waals surface area (Å²) in [5, 5.41) is 2.90. The Morgan fingerprint density at radius 3 is 2.50 bits per heavy atom. The van der Waals surface area contributed by atoms with Crippen molar-refractivity contribution >= 4 is 57.4 Å². The number of ether oxygens (including phenoxy) is 3. The van der Waals surface area contributed by atoms with Crippen LogP contribution in [0.1, 0.15) is 43.5 Å². The van der Waals surface area contributed by atoms with Gasteiger partial charge >= 0.3 is 5.97 Å². The number of carbonyl (C=O) groups is 1. The topological polar surface area (TPSA) is 79.1 Å². The minimum Gasteiger partial charge on any atom is -0.494 e. The molecule has 0 saturated carbocycles. The Labute approximate surface area is 279 Å². The van der Waals surface area contributed by atoms with Crippen molar-refractivity contribution in [3.8, 4) is 11.5 Å². The van der Waals surface area contributed by atoms with Crippen molar-refractivity contribution in [2.45, 2.75) is 33.4 Å². The maximum absolute atomic E-state index is 14.2. The zero-order valence-electron chi connectivity index (χ0n) is 25.4. The fraction of sp³-hybridized carbons (Fsp3) is 0.194. The predicted molar refractivity (Wildman–Crippen MR) is 183 cm³/mol. The van der Waals surface area contributed by atoms with Crippen LogP contribution in [0.4, 0.5) is 0 Å². The summed E-state index contributed by atoms with van der Waals surface area (Å²) in [6, 6.07) is 24.0. The van der Waals surface area contributed by atoms with Crippen molar-refractivity contribution in [2.75, 3.05) is 13.2 Å². The zero-order chi connectivity index (χ0) is 32.4. The lowest BCUT2D eigenvalue weighted by Gasteiger charge is -2.24. The highest BCUT2D eigenvalue weighted by Crippen LogP contribution is 2.35. The van der Waals surface area contributed by atoms with E-state index in [9.17, 15) is 9.59 Å². The van der Waals surface area contributed by atoms with E-state index in [1.165, 1.54) is 15.9 Å². The van der Waals surface area contributed by atoms with Gasteiger partial charge in [-0.25, -0.2) is 9.79 Å². The van der Waals surface area contributed by atoms with E-state index in [1.807, 2.05) is 61.5 Å². The molecule has 234 valence electrons. The van der Waals surface area contributed by atoms with Crippen molar-refractivity contribution in [3.63, 3.8) is 0 Å². The molecule has 0 N–H and O–H groups in total. The highest BCUT2D eigenvalue weighted by molar-refractivity contribution is 7.07. The summed E-state index contributed by atoms with van der Waals surface area (Å²) in [5.74, 6) is 0.560. The van der Waals surface area contributed by atoms with Crippen LogP contribution in [0, 0.1) is 0 Å². The standard InChI is InChI=1S/C36H30Cl2N2O5S/c1-4-43-27-15-13-23(14-16-27)32-31(35(42)44-5-2)21(3)39-36-40(32)34(41)30(46-36)18-25-17-26(37)19-29(38)33(25)45-20-24-11-8-10-22-9-6-7-12-28(22)24/h6-19,32H,4-5,20H2,1-3H3/b30-18-/t32-/m0/s1. The molecule has 1 aliphatic rings. The van der Waals surface area contributed by atoms with Gasteiger partial charge in [0.25, 0.3) is 5.56 Å². The van der Waals surface area contributed by atoms with Gasteiger partial charge in [0.2, 0.25) is 0 Å². The first-order chi connectivity index (χ1) is 22.3. The van der Waals surface area contributed by atoms with Crippen LogP contribution >= 0.6 is 34.5 Å². The van der Waals surface area contributed by atoms with Gasteiger partial charge in [0, 0.05) is 10.6 Å². The van der Waals surface area contributed by atoms with Crippen LogP contribution in [0.5, 0.6) is 11.5 Å². The normalized spacial score (nSPS) is 14.6. The molecule has 0 spiro atoms. The van der Waals surface area contributed by atoms with E-state index in [-0.39, 0.29) is 18.8 Å². The molecule has 1 aromatic heterocycles. The fourth-order valence-electron chi connectivity index (χ4n) is 5.57. The SMILES string of the molecule is CCOC(=O)C1=C(C)N=c2s/c(=C\c3cc(Cl)cc(Cl)c3OCc3cccc4ccccc34)c(=O)n2[C@H]1c1ccc(OCC)cc1. The lowest BCUT2D eigenvalue weighted by atomic mass is 9.96. The van der Waals surface area contributed by atoms with Gasteiger partial charge in [0.05, 0.1) is 40.1 Å². The maximum Gasteiger partial charge on any atom is 0.338 e. The molecule has 0 bridgehead atoms. The number of aromatic nitrogens is 1. The molecule has 0 radical (unpaired) electrons. The van der Waals surface area contributed by atoms with E-state index < -0.39 is 12.0 Å². The second kappa shape index (κ2) is 13.5. The first-order valence-corrected chi connectivity index (χ1v) is 16.4. The third-order valence-corrected chi connectivity index (χ3v) is 9.08. The second-order valence-corrected chi connectivity index (χ2v) is 12.4. The predicted octanol–water partition coefficient (Wildman–Crippen LogP) is 7.24. The van der Waals surface area contributed by atoms with Gasteiger partial charge in [-0.05, 0) is 73.0 Å². The lowest BCUT2D eigenvalue weighted by molar-refractivity contribution is -0.139. The van der Waals surface area contributed by atoms with E-state index >= 15 is 0 Å². The molecule has 0 unspecified atom stereocenters. The molecule has 7 nitrogen and oxygen atoms in total. The number of fused-ring (bicyclic) bond motifs is 2. The Hall–Kier alpha value is -4.37. The fourth-order valence-corrected chi connectivity index (χ4v) is 7.17. The molecule has 10 heteroatoms. The molecule has 1 aliphatic heterocycles. The largest absolute Gasteiger partial charge is 0.494 e. The Morgan fingerprint density at radius 2 is 1.74 bits per heavy atom. The van der Waals surface area contributed by atoms with Crippen molar-refractivity contribution < 1.29 is 19.0 Å². The molecule has 4 aromatic carbocycles. The Kier molecular flexibility index (Phi) is 9.31. The number of benzene rings is 4. The maximum atomic E-state index is 14.2. The molecule has 2 heterocycles. The molecular formula is C36H30Cl2N2O5S. The number of carbonyl (C=O) groups excluding carboxylic acids is 1. The summed E-state index contributed by atoms with van der Waals surface area (Å²) < 4.78 is 19.3. The number of hydrogen-bond donors (Lipinski definition) is 0. The number of thiazole rings is 1. The van der Waals surface area contributed by atoms with Crippen molar-refractivity contribution in [1.82, 2.24) is 4.57 Å². The highest BCUT2D eigenvalue weighted by atomic mass is 35.5. The Bertz CT molecular complexity index is 2160. The first kappa shape index (κ1) is 31.6. The lowest BCUT2D eigenvalue weighted by Crippen LogP contribution is -2.39.